The summed E-state index contributed by atoms with van der Waals surface area (Å²) in [6.07, 6.45) is 0. The summed E-state index contributed by atoms with van der Waals surface area (Å²) in [7, 11) is 1.57. The molecule has 1 N–H and O–H groups in total. The Morgan fingerprint density at radius 2 is 1.75 bits per heavy atom. The zero-order chi connectivity index (χ0) is 16.5. The molecule has 0 aliphatic heterocycles. The van der Waals surface area contributed by atoms with Crippen LogP contribution in [0.5, 0.6) is 5.75 Å². The van der Waals surface area contributed by atoms with E-state index in [1.165, 1.54) is 11.3 Å². The highest BCUT2D eigenvalue weighted by Crippen LogP contribution is 2.29. The average Bonchev–Trinajstić information content (AvgIpc) is 3.02. The monoisotopic (exact) mass is 334 g/mol. The summed E-state index contributed by atoms with van der Waals surface area (Å²) in [5.74, 6) is 0.323. The van der Waals surface area contributed by atoms with Crippen LogP contribution in [-0.2, 0) is 0 Å². The Bertz CT molecular complexity index is 1020. The lowest BCUT2D eigenvalue weighted by atomic mass is 10.1. The van der Waals surface area contributed by atoms with Crippen LogP contribution in [0.1, 0.15) is 10.4 Å². The third-order valence-corrected chi connectivity index (χ3v) is 4.78. The number of nitrogens with zero attached hydrogens (tertiary/aromatic N) is 1. The maximum atomic E-state index is 12.7. The minimum Gasteiger partial charge on any atom is -0.496 e. The molecule has 0 saturated heterocycles. The second-order valence-corrected chi connectivity index (χ2v) is 6.37. The van der Waals surface area contributed by atoms with Crippen LogP contribution in [0.2, 0.25) is 0 Å². The van der Waals surface area contributed by atoms with Gasteiger partial charge in [0.1, 0.15) is 5.75 Å². The molecule has 1 heterocycles. The van der Waals surface area contributed by atoms with Crippen LogP contribution < -0.4 is 10.1 Å². The largest absolute Gasteiger partial charge is 0.496 e. The van der Waals surface area contributed by atoms with Crippen LogP contribution in [0.25, 0.3) is 21.0 Å². The summed E-state index contributed by atoms with van der Waals surface area (Å²) >= 11 is 1.45. The van der Waals surface area contributed by atoms with Crippen molar-refractivity contribution >= 4 is 43.4 Å². The molecule has 1 amide bonds. The van der Waals surface area contributed by atoms with Gasteiger partial charge in [-0.2, -0.15) is 0 Å². The summed E-state index contributed by atoms with van der Waals surface area (Å²) in [6, 6.07) is 19.4. The highest BCUT2D eigenvalue weighted by Gasteiger charge is 2.15. The Labute approximate surface area is 142 Å². The number of aromatic nitrogens is 1. The van der Waals surface area contributed by atoms with Crippen LogP contribution in [0.4, 0.5) is 5.13 Å². The van der Waals surface area contributed by atoms with Gasteiger partial charge in [-0.25, -0.2) is 4.98 Å². The van der Waals surface area contributed by atoms with Gasteiger partial charge in [-0.1, -0.05) is 47.7 Å². The SMILES string of the molecule is COc1cc2ccccc2cc1C(=O)Nc1nc2ccccc2s1. The van der Waals surface area contributed by atoms with Gasteiger partial charge in [-0.3, -0.25) is 10.1 Å². The van der Waals surface area contributed by atoms with E-state index < -0.39 is 0 Å². The number of carbonyl (C=O) groups excluding carboxylic acids is 1. The van der Waals surface area contributed by atoms with Gasteiger partial charge in [-0.05, 0) is 35.0 Å². The predicted molar refractivity (Wildman–Crippen MR) is 98.1 cm³/mol. The first-order chi connectivity index (χ1) is 11.7. The molecule has 4 rings (SSSR count). The third kappa shape index (κ3) is 2.59. The number of anilines is 1. The Morgan fingerprint density at radius 3 is 2.50 bits per heavy atom. The number of benzene rings is 3. The number of ether oxygens (including phenoxy) is 1. The van der Waals surface area contributed by atoms with E-state index >= 15 is 0 Å². The van der Waals surface area contributed by atoms with Crippen molar-refractivity contribution in [2.24, 2.45) is 0 Å². The van der Waals surface area contributed by atoms with Gasteiger partial charge in [0.15, 0.2) is 5.13 Å². The van der Waals surface area contributed by atoms with Crippen molar-refractivity contribution in [3.05, 3.63) is 66.2 Å². The number of hydrogen-bond donors (Lipinski definition) is 1. The van der Waals surface area contributed by atoms with Crippen LogP contribution in [0.3, 0.4) is 0 Å². The second kappa shape index (κ2) is 5.94. The lowest BCUT2D eigenvalue weighted by Gasteiger charge is -2.09. The molecule has 0 bridgehead atoms. The van der Waals surface area contributed by atoms with Crippen molar-refractivity contribution in [3.63, 3.8) is 0 Å². The molecule has 1 aromatic heterocycles. The zero-order valence-electron chi connectivity index (χ0n) is 12.9. The molecular formula is C19H14N2O2S. The Hall–Kier alpha value is -2.92. The van der Waals surface area contributed by atoms with Gasteiger partial charge < -0.3 is 4.74 Å². The van der Waals surface area contributed by atoms with Gasteiger partial charge in [0.25, 0.3) is 5.91 Å². The van der Waals surface area contributed by atoms with E-state index in [1.54, 1.807) is 7.11 Å². The van der Waals surface area contributed by atoms with Gasteiger partial charge in [-0.15, -0.1) is 0 Å². The molecule has 0 saturated carbocycles. The number of methoxy groups -OCH3 is 1. The van der Waals surface area contributed by atoms with Gasteiger partial charge in [0.05, 0.1) is 22.9 Å². The Balaban J connectivity index is 1.71. The van der Waals surface area contributed by atoms with E-state index in [2.05, 4.69) is 10.3 Å². The lowest BCUT2D eigenvalue weighted by molar-refractivity contribution is 0.102. The number of rotatable bonds is 3. The van der Waals surface area contributed by atoms with Crippen molar-refractivity contribution in [2.45, 2.75) is 0 Å². The molecule has 118 valence electrons. The highest BCUT2D eigenvalue weighted by atomic mass is 32.1. The molecule has 3 aromatic carbocycles. The molecular weight excluding hydrogens is 320 g/mol. The summed E-state index contributed by atoms with van der Waals surface area (Å²) in [5.41, 5.74) is 1.37. The topological polar surface area (TPSA) is 51.2 Å². The maximum absolute atomic E-state index is 12.7. The second-order valence-electron chi connectivity index (χ2n) is 5.34. The summed E-state index contributed by atoms with van der Waals surface area (Å²) < 4.78 is 6.43. The fourth-order valence-corrected chi connectivity index (χ4v) is 3.52. The van der Waals surface area contributed by atoms with Crippen LogP contribution in [0.15, 0.2) is 60.7 Å². The number of fused-ring (bicyclic) bond motifs is 2. The minimum atomic E-state index is -0.225. The fraction of sp³-hybridized carbons (Fsp3) is 0.0526. The normalized spacial score (nSPS) is 10.9. The molecule has 24 heavy (non-hydrogen) atoms. The van der Waals surface area contributed by atoms with Crippen molar-refractivity contribution < 1.29 is 9.53 Å². The van der Waals surface area contributed by atoms with Gasteiger partial charge in [0.2, 0.25) is 0 Å². The van der Waals surface area contributed by atoms with E-state index in [1.807, 2.05) is 60.7 Å². The molecule has 0 fully saturated rings. The fourth-order valence-electron chi connectivity index (χ4n) is 2.66. The van der Waals surface area contributed by atoms with Crippen molar-refractivity contribution in [2.75, 3.05) is 12.4 Å². The van der Waals surface area contributed by atoms with Gasteiger partial charge in [0, 0.05) is 0 Å². The van der Waals surface area contributed by atoms with E-state index in [0.717, 1.165) is 21.0 Å². The molecule has 0 unspecified atom stereocenters. The lowest BCUT2D eigenvalue weighted by Crippen LogP contribution is -2.13. The minimum absolute atomic E-state index is 0.225. The van der Waals surface area contributed by atoms with E-state index in [4.69, 9.17) is 4.74 Å². The molecule has 4 aromatic rings. The molecule has 0 atom stereocenters. The van der Waals surface area contributed by atoms with Crippen LogP contribution >= 0.6 is 11.3 Å². The number of nitrogens with one attached hydrogen (secondary N) is 1. The molecule has 0 aliphatic rings. The molecule has 0 aliphatic carbocycles. The van der Waals surface area contributed by atoms with Crippen molar-refractivity contribution in [1.82, 2.24) is 4.98 Å². The van der Waals surface area contributed by atoms with Gasteiger partial charge >= 0.3 is 0 Å². The summed E-state index contributed by atoms with van der Waals surface area (Å²) in [4.78, 5) is 17.1. The Kier molecular flexibility index (Phi) is 3.63. The first-order valence-electron chi connectivity index (χ1n) is 7.48. The smallest absolute Gasteiger partial charge is 0.261 e. The highest BCUT2D eigenvalue weighted by molar-refractivity contribution is 7.22. The number of thiazole rings is 1. The van der Waals surface area contributed by atoms with Crippen LogP contribution in [-0.4, -0.2) is 18.0 Å². The molecule has 0 spiro atoms. The van der Waals surface area contributed by atoms with E-state index in [9.17, 15) is 4.79 Å². The molecule has 5 heteroatoms. The maximum Gasteiger partial charge on any atom is 0.261 e. The third-order valence-electron chi connectivity index (χ3n) is 3.83. The molecule has 4 nitrogen and oxygen atoms in total. The quantitative estimate of drug-likeness (QED) is 0.590. The standard InChI is InChI=1S/C19H14N2O2S/c1-23-16-11-13-7-3-2-6-12(13)10-14(16)18(22)21-19-20-15-8-4-5-9-17(15)24-19/h2-11H,1H3,(H,20,21,22). The molecule has 0 radical (unpaired) electrons. The van der Waals surface area contributed by atoms with Crippen molar-refractivity contribution in [1.29, 1.82) is 0 Å². The Morgan fingerprint density at radius 1 is 1.04 bits per heavy atom. The van der Waals surface area contributed by atoms with Crippen molar-refractivity contribution in [3.8, 4) is 5.75 Å². The zero-order valence-corrected chi connectivity index (χ0v) is 13.8. The van der Waals surface area contributed by atoms with E-state index in [-0.39, 0.29) is 5.91 Å². The van der Waals surface area contributed by atoms with Crippen LogP contribution in [0, 0.1) is 0 Å². The summed E-state index contributed by atoms with van der Waals surface area (Å²) in [6.45, 7) is 0. The predicted octanol–water partition coefficient (Wildman–Crippen LogP) is 4.71. The number of carbonyl (C=O) groups is 1. The number of para-hydroxylation sites is 1. The first-order valence-corrected chi connectivity index (χ1v) is 8.30. The number of hydrogen-bond acceptors (Lipinski definition) is 4. The van der Waals surface area contributed by atoms with E-state index in [0.29, 0.717) is 16.4 Å². The number of amides is 1. The average molecular weight is 334 g/mol. The first kappa shape index (κ1) is 14.7. The summed E-state index contributed by atoms with van der Waals surface area (Å²) in [5, 5.41) is 5.48.